The van der Waals surface area contributed by atoms with Gasteiger partial charge in [0.1, 0.15) is 5.75 Å². The van der Waals surface area contributed by atoms with Crippen LogP contribution in [0.3, 0.4) is 0 Å². The second kappa shape index (κ2) is 8.06. The zero-order valence-corrected chi connectivity index (χ0v) is 13.1. The maximum absolute atomic E-state index is 12.2. The van der Waals surface area contributed by atoms with Gasteiger partial charge < -0.3 is 9.64 Å². The third kappa shape index (κ3) is 6.83. The minimum atomic E-state index is -4.26. The van der Waals surface area contributed by atoms with Crippen LogP contribution < -0.4 is 4.74 Å². The molecule has 0 fully saturated rings. The van der Waals surface area contributed by atoms with Gasteiger partial charge in [-0.05, 0) is 36.6 Å². The molecule has 0 aliphatic carbocycles. The number of amides is 1. The summed E-state index contributed by atoms with van der Waals surface area (Å²) in [6.07, 6.45) is -4.34. The highest BCUT2D eigenvalue weighted by molar-refractivity contribution is 5.94. The lowest BCUT2D eigenvalue weighted by Gasteiger charge is -2.18. The van der Waals surface area contributed by atoms with Crippen molar-refractivity contribution in [2.24, 2.45) is 5.92 Å². The van der Waals surface area contributed by atoms with Gasteiger partial charge in [0.25, 0.3) is 5.91 Å². The van der Waals surface area contributed by atoms with E-state index in [1.807, 2.05) is 0 Å². The average molecular weight is 317 g/mol. The summed E-state index contributed by atoms with van der Waals surface area (Å²) in [5.74, 6) is 0.760. The first-order chi connectivity index (χ1) is 10.2. The molecule has 0 saturated carbocycles. The number of nitrogens with zero attached hydrogens (tertiary/aromatic N) is 1. The molecule has 0 spiro atoms. The average Bonchev–Trinajstić information content (AvgIpc) is 2.43. The van der Waals surface area contributed by atoms with E-state index in [-0.39, 0.29) is 6.54 Å². The van der Waals surface area contributed by atoms with Crippen LogP contribution in [0.2, 0.25) is 0 Å². The lowest BCUT2D eigenvalue weighted by molar-refractivity contribution is -0.136. The molecule has 1 aromatic carbocycles. The zero-order valence-electron chi connectivity index (χ0n) is 13.1. The maximum atomic E-state index is 12.2. The molecule has 6 heteroatoms. The van der Waals surface area contributed by atoms with Gasteiger partial charge in [0, 0.05) is 19.2 Å². The molecule has 0 atom stereocenters. The molecular weight excluding hydrogens is 295 g/mol. The van der Waals surface area contributed by atoms with Crippen LogP contribution >= 0.6 is 0 Å². The molecule has 0 aliphatic rings. The van der Waals surface area contributed by atoms with Crippen molar-refractivity contribution in [1.82, 2.24) is 4.90 Å². The second-order valence-electron chi connectivity index (χ2n) is 5.65. The first-order valence-corrected chi connectivity index (χ1v) is 7.24. The Balaban J connectivity index is 2.52. The van der Waals surface area contributed by atoms with Gasteiger partial charge in [-0.1, -0.05) is 13.8 Å². The van der Waals surface area contributed by atoms with Gasteiger partial charge in [-0.2, -0.15) is 13.2 Å². The lowest BCUT2D eigenvalue weighted by atomic mass is 10.1. The molecule has 0 saturated heterocycles. The van der Waals surface area contributed by atoms with Crippen molar-refractivity contribution in [2.45, 2.75) is 32.9 Å². The molecule has 0 bridgehead atoms. The molecule has 1 aromatic rings. The van der Waals surface area contributed by atoms with Crippen molar-refractivity contribution in [3.8, 4) is 5.75 Å². The molecule has 1 rings (SSSR count). The number of rotatable bonds is 7. The fourth-order valence-corrected chi connectivity index (χ4v) is 1.72. The SMILES string of the molecule is CC(C)CCOc1ccc(C(=O)N(C)CCC(F)(F)F)cc1. The Kier molecular flexibility index (Phi) is 6.71. The van der Waals surface area contributed by atoms with Crippen LogP contribution in [0.5, 0.6) is 5.75 Å². The van der Waals surface area contributed by atoms with Crippen LogP contribution in [0.25, 0.3) is 0 Å². The van der Waals surface area contributed by atoms with Gasteiger partial charge in [0.2, 0.25) is 0 Å². The number of alkyl halides is 3. The Hall–Kier alpha value is -1.72. The number of hydrogen-bond acceptors (Lipinski definition) is 2. The normalized spacial score (nSPS) is 11.6. The first kappa shape index (κ1) is 18.3. The highest BCUT2D eigenvalue weighted by Crippen LogP contribution is 2.20. The Morgan fingerprint density at radius 3 is 2.32 bits per heavy atom. The van der Waals surface area contributed by atoms with E-state index >= 15 is 0 Å². The van der Waals surface area contributed by atoms with E-state index in [4.69, 9.17) is 4.74 Å². The van der Waals surface area contributed by atoms with Gasteiger partial charge in [0.15, 0.2) is 0 Å². The molecule has 0 N–H and O–H groups in total. The minimum absolute atomic E-state index is 0.348. The predicted molar refractivity (Wildman–Crippen MR) is 79.0 cm³/mol. The van der Waals surface area contributed by atoms with Crippen LogP contribution in [0, 0.1) is 5.92 Å². The maximum Gasteiger partial charge on any atom is 0.390 e. The number of benzene rings is 1. The van der Waals surface area contributed by atoms with Crippen LogP contribution in [-0.2, 0) is 0 Å². The summed E-state index contributed by atoms with van der Waals surface area (Å²) in [4.78, 5) is 13.1. The molecule has 3 nitrogen and oxygen atoms in total. The lowest BCUT2D eigenvalue weighted by Crippen LogP contribution is -2.30. The monoisotopic (exact) mass is 317 g/mol. The zero-order chi connectivity index (χ0) is 16.8. The van der Waals surface area contributed by atoms with E-state index in [0.29, 0.717) is 23.8 Å². The third-order valence-corrected chi connectivity index (χ3v) is 3.14. The van der Waals surface area contributed by atoms with Crippen LogP contribution in [0.4, 0.5) is 13.2 Å². The van der Waals surface area contributed by atoms with Gasteiger partial charge in [-0.3, -0.25) is 4.79 Å². The van der Waals surface area contributed by atoms with Gasteiger partial charge in [-0.15, -0.1) is 0 Å². The van der Waals surface area contributed by atoms with Crippen molar-refractivity contribution in [2.75, 3.05) is 20.2 Å². The quantitative estimate of drug-likeness (QED) is 0.756. The number of halogens is 3. The summed E-state index contributed by atoms with van der Waals surface area (Å²) in [5, 5.41) is 0. The Morgan fingerprint density at radius 1 is 1.23 bits per heavy atom. The van der Waals surface area contributed by atoms with Gasteiger partial charge in [0.05, 0.1) is 13.0 Å². The fraction of sp³-hybridized carbons (Fsp3) is 0.562. The molecule has 1 amide bonds. The van der Waals surface area contributed by atoms with Crippen LogP contribution in [0.15, 0.2) is 24.3 Å². The van der Waals surface area contributed by atoms with E-state index in [0.717, 1.165) is 11.3 Å². The molecule has 0 unspecified atom stereocenters. The van der Waals surface area contributed by atoms with Gasteiger partial charge in [-0.25, -0.2) is 0 Å². The van der Waals surface area contributed by atoms with E-state index in [9.17, 15) is 18.0 Å². The summed E-state index contributed by atoms with van der Waals surface area (Å²) >= 11 is 0. The Morgan fingerprint density at radius 2 is 1.82 bits per heavy atom. The standard InChI is InChI=1S/C16H22F3NO2/c1-12(2)8-11-22-14-6-4-13(5-7-14)15(21)20(3)10-9-16(17,18)19/h4-7,12H,8-11H2,1-3H3. The molecule has 0 aromatic heterocycles. The smallest absolute Gasteiger partial charge is 0.390 e. The minimum Gasteiger partial charge on any atom is -0.494 e. The topological polar surface area (TPSA) is 29.5 Å². The van der Waals surface area contributed by atoms with Crippen LogP contribution in [0.1, 0.15) is 37.0 Å². The predicted octanol–water partition coefficient (Wildman–Crippen LogP) is 4.14. The van der Waals surface area contributed by atoms with E-state index in [1.54, 1.807) is 24.3 Å². The van der Waals surface area contributed by atoms with Crippen molar-refractivity contribution < 1.29 is 22.7 Å². The molecular formula is C16H22F3NO2. The van der Waals surface area contributed by atoms with E-state index in [1.165, 1.54) is 7.05 Å². The summed E-state index contributed by atoms with van der Waals surface area (Å²) in [6.45, 7) is 4.44. The number of carbonyl (C=O) groups is 1. The van der Waals surface area contributed by atoms with E-state index in [2.05, 4.69) is 13.8 Å². The fourth-order valence-electron chi connectivity index (χ4n) is 1.72. The van der Waals surface area contributed by atoms with Gasteiger partial charge >= 0.3 is 6.18 Å². The molecule has 22 heavy (non-hydrogen) atoms. The Bertz CT molecular complexity index is 469. The largest absolute Gasteiger partial charge is 0.494 e. The number of carbonyl (C=O) groups excluding carboxylic acids is 1. The first-order valence-electron chi connectivity index (χ1n) is 7.24. The molecule has 124 valence electrons. The molecule has 0 radical (unpaired) electrons. The van der Waals surface area contributed by atoms with Crippen molar-refractivity contribution in [3.05, 3.63) is 29.8 Å². The number of ether oxygens (including phenoxy) is 1. The third-order valence-electron chi connectivity index (χ3n) is 3.14. The molecule has 0 heterocycles. The summed E-state index contributed by atoms with van der Waals surface area (Å²) < 4.78 is 42.0. The van der Waals surface area contributed by atoms with E-state index < -0.39 is 18.5 Å². The second-order valence-corrected chi connectivity index (χ2v) is 5.65. The summed E-state index contributed by atoms with van der Waals surface area (Å²) in [6, 6.07) is 6.45. The highest BCUT2D eigenvalue weighted by Gasteiger charge is 2.28. The van der Waals surface area contributed by atoms with Crippen molar-refractivity contribution in [1.29, 1.82) is 0 Å². The summed E-state index contributed by atoms with van der Waals surface area (Å²) in [7, 11) is 1.36. The number of hydrogen-bond donors (Lipinski definition) is 0. The highest BCUT2D eigenvalue weighted by atomic mass is 19.4. The summed E-state index contributed by atoms with van der Waals surface area (Å²) in [5.41, 5.74) is 0.348. The Labute approximate surface area is 129 Å². The molecule has 0 aliphatic heterocycles. The van der Waals surface area contributed by atoms with Crippen molar-refractivity contribution >= 4 is 5.91 Å². The van der Waals surface area contributed by atoms with Crippen molar-refractivity contribution in [3.63, 3.8) is 0 Å². The van der Waals surface area contributed by atoms with Crippen LogP contribution in [-0.4, -0.2) is 37.2 Å².